The van der Waals surface area contributed by atoms with Crippen LogP contribution in [0.5, 0.6) is 0 Å². The van der Waals surface area contributed by atoms with Gasteiger partial charge in [0.1, 0.15) is 11.2 Å². The van der Waals surface area contributed by atoms with Crippen molar-refractivity contribution in [3.8, 4) is 73.1 Å². The van der Waals surface area contributed by atoms with Gasteiger partial charge in [0.15, 0.2) is 5.82 Å². The molecule has 4 aromatic heterocycles. The molecule has 14 rings (SSSR count). The van der Waals surface area contributed by atoms with Gasteiger partial charge in [-0.25, -0.2) is 15.0 Å². The van der Waals surface area contributed by atoms with Crippen molar-refractivity contribution in [1.29, 1.82) is 0 Å². The summed E-state index contributed by atoms with van der Waals surface area (Å²) in [5, 5.41) is 8.00. The van der Waals surface area contributed by atoms with Gasteiger partial charge in [-0.15, -0.1) is 0 Å². The van der Waals surface area contributed by atoms with Crippen LogP contribution in [0.15, 0.2) is 247 Å². The highest BCUT2D eigenvalue weighted by Crippen LogP contribution is 2.46. The average Bonchev–Trinajstić information content (AvgIpc) is 3.98. The van der Waals surface area contributed by atoms with E-state index >= 15 is 0 Å². The van der Waals surface area contributed by atoms with Gasteiger partial charge in [0.2, 0.25) is 0 Å². The largest absolute Gasteiger partial charge is 0.456 e. The number of rotatable bonds is 7. The molecule has 5 nitrogen and oxygen atoms in total. The number of para-hydroxylation sites is 4. The molecule has 0 aliphatic rings. The summed E-state index contributed by atoms with van der Waals surface area (Å²) in [6.45, 7) is 0. The molecule has 0 aliphatic heterocycles. The van der Waals surface area contributed by atoms with Crippen LogP contribution in [0.25, 0.3) is 139 Å². The van der Waals surface area contributed by atoms with Crippen molar-refractivity contribution in [2.24, 2.45) is 0 Å². The second-order valence-corrected chi connectivity index (χ2v) is 17.9. The second kappa shape index (κ2) is 16.1. The Morgan fingerprint density at radius 2 is 0.886 bits per heavy atom. The van der Waals surface area contributed by atoms with Crippen LogP contribution in [-0.2, 0) is 0 Å². The van der Waals surface area contributed by atoms with Gasteiger partial charge in [-0.05, 0) is 71.3 Å². The maximum Gasteiger partial charge on any atom is 0.160 e. The van der Waals surface area contributed by atoms with Crippen LogP contribution in [0.2, 0.25) is 0 Å². The monoisotopic (exact) mass is 892 g/mol. The predicted octanol–water partition coefficient (Wildman–Crippen LogP) is 17.2. The molecular weight excluding hydrogens is 853 g/mol. The first kappa shape index (κ1) is 39.7. The number of aromatic nitrogens is 4. The third-order valence-corrected chi connectivity index (χ3v) is 13.8. The van der Waals surface area contributed by atoms with E-state index in [-0.39, 0.29) is 0 Å². The molecule has 4 heterocycles. The Labute approximate surface area is 403 Å². The molecule has 70 heavy (non-hydrogen) atoms. The lowest BCUT2D eigenvalue weighted by atomic mass is 9.89. The van der Waals surface area contributed by atoms with E-state index in [1.807, 2.05) is 12.1 Å². The molecular formula is C65H40N4O. The normalized spacial score (nSPS) is 11.7. The van der Waals surface area contributed by atoms with Crippen molar-refractivity contribution >= 4 is 65.4 Å². The third kappa shape index (κ3) is 6.51. The van der Waals surface area contributed by atoms with Crippen LogP contribution in [0.1, 0.15) is 0 Å². The second-order valence-electron chi connectivity index (χ2n) is 17.9. The number of hydrogen-bond acceptors (Lipinski definition) is 4. The van der Waals surface area contributed by atoms with E-state index in [1.54, 1.807) is 0 Å². The summed E-state index contributed by atoms with van der Waals surface area (Å²) in [4.78, 5) is 15.9. The van der Waals surface area contributed by atoms with Crippen LogP contribution < -0.4 is 0 Å². The Morgan fingerprint density at radius 1 is 0.314 bits per heavy atom. The maximum absolute atomic E-state index is 6.63. The Kier molecular flexibility index (Phi) is 9.14. The third-order valence-electron chi connectivity index (χ3n) is 13.8. The minimum absolute atomic E-state index is 0.666. The lowest BCUT2D eigenvalue weighted by Gasteiger charge is -2.16. The minimum Gasteiger partial charge on any atom is -0.456 e. The Hall–Kier alpha value is -9.45. The number of benzene rings is 10. The van der Waals surface area contributed by atoms with Crippen LogP contribution >= 0.6 is 0 Å². The molecule has 0 bridgehead atoms. The fourth-order valence-corrected chi connectivity index (χ4v) is 10.6. The first-order chi connectivity index (χ1) is 34.7. The van der Waals surface area contributed by atoms with Crippen molar-refractivity contribution in [1.82, 2.24) is 19.5 Å². The lowest BCUT2D eigenvalue weighted by molar-refractivity contribution is 0.669. The van der Waals surface area contributed by atoms with Gasteiger partial charge >= 0.3 is 0 Å². The number of pyridine rings is 1. The highest BCUT2D eigenvalue weighted by molar-refractivity contribution is 6.27. The van der Waals surface area contributed by atoms with Crippen molar-refractivity contribution < 1.29 is 4.42 Å². The van der Waals surface area contributed by atoms with Crippen molar-refractivity contribution in [3.05, 3.63) is 243 Å². The van der Waals surface area contributed by atoms with E-state index in [0.717, 1.165) is 117 Å². The van der Waals surface area contributed by atoms with Gasteiger partial charge in [0, 0.05) is 71.2 Å². The molecule has 0 N–H and O–H groups in total. The average molecular weight is 893 g/mol. The zero-order valence-corrected chi connectivity index (χ0v) is 37.8. The summed E-state index contributed by atoms with van der Waals surface area (Å²) in [7, 11) is 0. The summed E-state index contributed by atoms with van der Waals surface area (Å²) >= 11 is 0. The van der Waals surface area contributed by atoms with Gasteiger partial charge in [0.05, 0.1) is 33.6 Å². The molecule has 0 spiro atoms. The summed E-state index contributed by atoms with van der Waals surface area (Å²) in [5.74, 6) is 0.666. The van der Waals surface area contributed by atoms with E-state index in [2.05, 4.69) is 235 Å². The number of fused-ring (bicyclic) bond motifs is 9. The summed E-state index contributed by atoms with van der Waals surface area (Å²) in [6.07, 6.45) is 0. The molecule has 5 heteroatoms. The number of furan rings is 1. The Morgan fingerprint density at radius 3 is 1.64 bits per heavy atom. The molecule has 14 aromatic rings. The van der Waals surface area contributed by atoms with Gasteiger partial charge in [-0.1, -0.05) is 188 Å². The van der Waals surface area contributed by atoms with Gasteiger partial charge < -0.3 is 8.98 Å². The predicted molar refractivity (Wildman–Crippen MR) is 289 cm³/mol. The number of nitrogens with zero attached hydrogens (tertiary/aromatic N) is 4. The zero-order valence-electron chi connectivity index (χ0n) is 37.8. The summed E-state index contributed by atoms with van der Waals surface area (Å²) in [5.41, 5.74) is 17.2. The van der Waals surface area contributed by atoms with Crippen molar-refractivity contribution in [2.75, 3.05) is 0 Å². The van der Waals surface area contributed by atoms with E-state index in [9.17, 15) is 0 Å². The fourth-order valence-electron chi connectivity index (χ4n) is 10.6. The molecule has 10 aromatic carbocycles. The van der Waals surface area contributed by atoms with E-state index in [1.165, 1.54) is 16.2 Å². The lowest BCUT2D eigenvalue weighted by Crippen LogP contribution is -1.98. The van der Waals surface area contributed by atoms with Crippen LogP contribution in [0, 0.1) is 0 Å². The molecule has 0 saturated carbocycles. The highest BCUT2D eigenvalue weighted by atomic mass is 16.3. The van der Waals surface area contributed by atoms with Crippen LogP contribution in [-0.4, -0.2) is 19.5 Å². The maximum atomic E-state index is 6.63. The molecule has 0 unspecified atom stereocenters. The Balaban J connectivity index is 0.880. The molecule has 326 valence electrons. The number of hydrogen-bond donors (Lipinski definition) is 0. The Bertz CT molecular complexity index is 4290. The quantitative estimate of drug-likeness (QED) is 0.150. The topological polar surface area (TPSA) is 56.7 Å². The molecule has 0 fully saturated rings. The fraction of sp³-hybridized carbons (Fsp3) is 0. The van der Waals surface area contributed by atoms with Crippen LogP contribution in [0.4, 0.5) is 0 Å². The first-order valence-corrected chi connectivity index (χ1v) is 23.7. The standard InChI is InChI=1S/C65H40N4O/c1-3-17-42(18-4-1)55-40-56(68-65(67-55)47-23-16-24-48(38-47)69-57-30-12-8-25-49(57)50-26-9-13-31-58(50)69)46-22-15-21-45(37-46)41-33-35-44(36-34-41)64-53-39-60-63(52-28-10-14-32-59(52)70-60)61(43-19-5-2-6-20-43)62(53)51-27-7-11-29-54(51)66-64/h1-40H. The van der Waals surface area contributed by atoms with Gasteiger partial charge in [-0.2, -0.15) is 0 Å². The van der Waals surface area contributed by atoms with Crippen LogP contribution in [0.3, 0.4) is 0 Å². The first-order valence-electron chi connectivity index (χ1n) is 23.7. The molecule has 0 amide bonds. The zero-order chi connectivity index (χ0) is 46.1. The minimum atomic E-state index is 0.666. The van der Waals surface area contributed by atoms with E-state index in [0.29, 0.717) is 5.82 Å². The molecule has 0 radical (unpaired) electrons. The van der Waals surface area contributed by atoms with E-state index in [4.69, 9.17) is 19.4 Å². The van der Waals surface area contributed by atoms with E-state index < -0.39 is 0 Å². The smallest absolute Gasteiger partial charge is 0.160 e. The van der Waals surface area contributed by atoms with Gasteiger partial charge in [0.25, 0.3) is 0 Å². The van der Waals surface area contributed by atoms with Crippen molar-refractivity contribution in [2.45, 2.75) is 0 Å². The van der Waals surface area contributed by atoms with Crippen molar-refractivity contribution in [3.63, 3.8) is 0 Å². The molecule has 0 aliphatic carbocycles. The summed E-state index contributed by atoms with van der Waals surface area (Å²) in [6, 6.07) is 85.5. The van der Waals surface area contributed by atoms with Gasteiger partial charge in [-0.3, -0.25) is 0 Å². The SMILES string of the molecule is c1ccc(-c2cc(-c3cccc(-c4ccc(-c5nc6ccccc6c6c(-c7ccccc7)c7c(cc56)oc5ccccc57)cc4)c3)nc(-c3cccc(-n4c5ccccc5c5ccccc54)c3)n2)cc1. The summed E-state index contributed by atoms with van der Waals surface area (Å²) < 4.78 is 8.96. The molecule has 0 atom stereocenters. The molecule has 0 saturated heterocycles. The highest BCUT2D eigenvalue weighted by Gasteiger charge is 2.22.